The highest BCUT2D eigenvalue weighted by atomic mass is 16.1. The SMILES string of the molecule is CCCCCn1c(=O)c2ccccc2c2ccccc21. The molecule has 20 heavy (non-hydrogen) atoms. The summed E-state index contributed by atoms with van der Waals surface area (Å²) in [7, 11) is 0. The maximum Gasteiger partial charge on any atom is 0.258 e. The summed E-state index contributed by atoms with van der Waals surface area (Å²) in [5, 5.41) is 3.04. The van der Waals surface area contributed by atoms with Gasteiger partial charge in [-0.25, -0.2) is 0 Å². The van der Waals surface area contributed by atoms with E-state index in [0.29, 0.717) is 0 Å². The van der Waals surface area contributed by atoms with Crippen molar-refractivity contribution in [3.8, 4) is 0 Å². The second-order valence-electron chi connectivity index (χ2n) is 5.23. The van der Waals surface area contributed by atoms with Gasteiger partial charge in [-0.15, -0.1) is 0 Å². The molecule has 0 saturated carbocycles. The van der Waals surface area contributed by atoms with Crippen LogP contribution in [0.25, 0.3) is 21.7 Å². The number of nitrogens with zero attached hydrogens (tertiary/aromatic N) is 1. The lowest BCUT2D eigenvalue weighted by molar-refractivity contribution is 0.605. The second kappa shape index (κ2) is 5.49. The van der Waals surface area contributed by atoms with E-state index in [2.05, 4.69) is 19.1 Å². The highest BCUT2D eigenvalue weighted by Gasteiger charge is 2.09. The highest BCUT2D eigenvalue weighted by Crippen LogP contribution is 2.22. The van der Waals surface area contributed by atoms with Crippen LogP contribution in [0.1, 0.15) is 26.2 Å². The smallest absolute Gasteiger partial charge is 0.258 e. The van der Waals surface area contributed by atoms with Crippen LogP contribution in [0.5, 0.6) is 0 Å². The van der Waals surface area contributed by atoms with Gasteiger partial charge in [0.05, 0.1) is 5.52 Å². The van der Waals surface area contributed by atoms with Crippen molar-refractivity contribution in [2.75, 3.05) is 0 Å². The van der Waals surface area contributed by atoms with Crippen LogP contribution in [0.15, 0.2) is 53.3 Å². The molecule has 2 heteroatoms. The molecule has 0 N–H and O–H groups in total. The predicted octanol–water partition coefficient (Wildman–Crippen LogP) is 4.34. The summed E-state index contributed by atoms with van der Waals surface area (Å²) >= 11 is 0. The Bertz CT molecular complexity index is 801. The quantitative estimate of drug-likeness (QED) is 0.508. The number of fused-ring (bicyclic) bond motifs is 3. The Morgan fingerprint density at radius 1 is 0.850 bits per heavy atom. The summed E-state index contributed by atoms with van der Waals surface area (Å²) in [6.45, 7) is 2.99. The van der Waals surface area contributed by atoms with Crippen molar-refractivity contribution in [3.05, 3.63) is 58.9 Å². The minimum absolute atomic E-state index is 0.135. The standard InChI is InChI=1S/C18H19NO/c1-2-3-8-13-19-17-12-7-6-10-15(17)14-9-4-5-11-16(14)18(19)20/h4-7,9-12H,2-3,8,13H2,1H3. The zero-order chi connectivity index (χ0) is 13.9. The zero-order valence-corrected chi connectivity index (χ0v) is 11.8. The van der Waals surface area contributed by atoms with Gasteiger partial charge in [-0.05, 0) is 23.9 Å². The molecule has 1 heterocycles. The molecule has 0 amide bonds. The minimum atomic E-state index is 0.135. The molecule has 0 saturated heterocycles. The van der Waals surface area contributed by atoms with E-state index in [1.165, 1.54) is 11.8 Å². The van der Waals surface area contributed by atoms with Gasteiger partial charge < -0.3 is 4.57 Å². The molecule has 0 radical (unpaired) electrons. The van der Waals surface area contributed by atoms with Gasteiger partial charge in [-0.1, -0.05) is 56.2 Å². The molecule has 0 aliphatic rings. The third kappa shape index (κ3) is 2.11. The molecule has 1 aromatic heterocycles. The fourth-order valence-corrected chi connectivity index (χ4v) is 2.84. The van der Waals surface area contributed by atoms with Crippen molar-refractivity contribution in [3.63, 3.8) is 0 Å². The molecule has 0 spiro atoms. The van der Waals surface area contributed by atoms with E-state index < -0.39 is 0 Å². The first-order valence-corrected chi connectivity index (χ1v) is 7.33. The lowest BCUT2D eigenvalue weighted by Gasteiger charge is -2.12. The van der Waals surface area contributed by atoms with Gasteiger partial charge >= 0.3 is 0 Å². The van der Waals surface area contributed by atoms with Gasteiger partial charge in [-0.2, -0.15) is 0 Å². The summed E-state index contributed by atoms with van der Waals surface area (Å²) in [6, 6.07) is 16.1. The number of aryl methyl sites for hydroxylation is 1. The van der Waals surface area contributed by atoms with E-state index in [9.17, 15) is 4.79 Å². The first kappa shape index (κ1) is 12.9. The molecule has 0 unspecified atom stereocenters. The third-order valence-corrected chi connectivity index (χ3v) is 3.87. The summed E-state index contributed by atoms with van der Waals surface area (Å²) in [6.07, 6.45) is 3.38. The van der Waals surface area contributed by atoms with E-state index >= 15 is 0 Å². The van der Waals surface area contributed by atoms with Crippen molar-refractivity contribution in [2.24, 2.45) is 0 Å². The molecule has 102 valence electrons. The van der Waals surface area contributed by atoms with Gasteiger partial charge in [0.25, 0.3) is 5.56 Å². The van der Waals surface area contributed by atoms with Crippen molar-refractivity contribution < 1.29 is 0 Å². The number of aromatic nitrogens is 1. The summed E-state index contributed by atoms with van der Waals surface area (Å²) in [4.78, 5) is 12.7. The van der Waals surface area contributed by atoms with E-state index in [-0.39, 0.29) is 5.56 Å². The monoisotopic (exact) mass is 265 g/mol. The van der Waals surface area contributed by atoms with Gasteiger partial charge in [0.1, 0.15) is 0 Å². The molecule has 0 atom stereocenters. The number of benzene rings is 2. The summed E-state index contributed by atoms with van der Waals surface area (Å²) < 4.78 is 1.94. The van der Waals surface area contributed by atoms with Crippen molar-refractivity contribution in [1.82, 2.24) is 4.57 Å². The van der Waals surface area contributed by atoms with Crippen molar-refractivity contribution >= 4 is 21.7 Å². The molecule has 0 bridgehead atoms. The molecule has 0 aliphatic heterocycles. The van der Waals surface area contributed by atoms with Crippen LogP contribution in [0, 0.1) is 0 Å². The summed E-state index contributed by atoms with van der Waals surface area (Å²) in [5.41, 5.74) is 1.18. The van der Waals surface area contributed by atoms with Crippen LogP contribution in [-0.4, -0.2) is 4.57 Å². The average molecular weight is 265 g/mol. The fraction of sp³-hybridized carbons (Fsp3) is 0.278. The molecular formula is C18H19NO. The molecule has 0 aliphatic carbocycles. The molecule has 3 rings (SSSR count). The maximum atomic E-state index is 12.7. The van der Waals surface area contributed by atoms with Gasteiger partial charge in [0.2, 0.25) is 0 Å². The Morgan fingerprint density at radius 2 is 1.50 bits per heavy atom. The highest BCUT2D eigenvalue weighted by molar-refractivity contribution is 6.05. The number of hydrogen-bond donors (Lipinski definition) is 0. The van der Waals surface area contributed by atoms with E-state index in [1.54, 1.807) is 0 Å². The third-order valence-electron chi connectivity index (χ3n) is 3.87. The Kier molecular flexibility index (Phi) is 3.55. The number of hydrogen-bond acceptors (Lipinski definition) is 1. The van der Waals surface area contributed by atoms with Crippen LogP contribution in [-0.2, 0) is 6.54 Å². The summed E-state index contributed by atoms with van der Waals surface area (Å²) in [5.74, 6) is 0. The number of rotatable bonds is 4. The van der Waals surface area contributed by atoms with Crippen molar-refractivity contribution in [1.29, 1.82) is 0 Å². The first-order valence-electron chi connectivity index (χ1n) is 7.33. The second-order valence-corrected chi connectivity index (χ2v) is 5.23. The average Bonchev–Trinajstić information content (AvgIpc) is 2.51. The van der Waals surface area contributed by atoms with Gasteiger partial charge in [0.15, 0.2) is 0 Å². The van der Waals surface area contributed by atoms with Crippen LogP contribution < -0.4 is 5.56 Å². The Labute approximate surface area is 118 Å². The lowest BCUT2D eigenvalue weighted by Crippen LogP contribution is -2.21. The van der Waals surface area contributed by atoms with Crippen LogP contribution in [0.3, 0.4) is 0 Å². The predicted molar refractivity (Wildman–Crippen MR) is 85.2 cm³/mol. The fourth-order valence-electron chi connectivity index (χ4n) is 2.84. The number of pyridine rings is 1. The zero-order valence-electron chi connectivity index (χ0n) is 11.8. The maximum absolute atomic E-state index is 12.7. The Hall–Kier alpha value is -2.09. The Balaban J connectivity index is 2.30. The number of unbranched alkanes of at least 4 members (excludes halogenated alkanes) is 2. The number of para-hydroxylation sites is 1. The molecule has 2 nitrogen and oxygen atoms in total. The van der Waals surface area contributed by atoms with E-state index in [4.69, 9.17) is 0 Å². The van der Waals surface area contributed by atoms with Crippen molar-refractivity contribution in [2.45, 2.75) is 32.7 Å². The van der Waals surface area contributed by atoms with Gasteiger partial charge in [-0.3, -0.25) is 4.79 Å². The van der Waals surface area contributed by atoms with Crippen LogP contribution in [0.4, 0.5) is 0 Å². The normalized spacial score (nSPS) is 11.2. The molecule has 2 aromatic carbocycles. The van der Waals surface area contributed by atoms with E-state index in [0.717, 1.165) is 35.7 Å². The largest absolute Gasteiger partial charge is 0.308 e. The first-order chi connectivity index (χ1) is 9.83. The minimum Gasteiger partial charge on any atom is -0.308 e. The molecule has 0 fully saturated rings. The van der Waals surface area contributed by atoms with Gasteiger partial charge in [0, 0.05) is 17.3 Å². The molecular weight excluding hydrogens is 246 g/mol. The Morgan fingerprint density at radius 3 is 2.25 bits per heavy atom. The van der Waals surface area contributed by atoms with E-state index in [1.807, 2.05) is 41.0 Å². The van der Waals surface area contributed by atoms with Crippen LogP contribution >= 0.6 is 0 Å². The molecule has 3 aromatic rings. The van der Waals surface area contributed by atoms with Crippen LogP contribution in [0.2, 0.25) is 0 Å². The lowest BCUT2D eigenvalue weighted by atomic mass is 10.1. The topological polar surface area (TPSA) is 22.0 Å².